The summed E-state index contributed by atoms with van der Waals surface area (Å²) in [6.07, 6.45) is -2.04. The van der Waals surface area contributed by atoms with E-state index in [1.54, 1.807) is 6.92 Å². The molecular weight excluding hydrogens is 150 g/mol. The molecule has 3 atom stereocenters. The summed E-state index contributed by atoms with van der Waals surface area (Å²) in [6, 6.07) is 0. The highest BCUT2D eigenvalue weighted by molar-refractivity contribution is 4.81. The van der Waals surface area contributed by atoms with Crippen molar-refractivity contribution in [3.05, 3.63) is 0 Å². The van der Waals surface area contributed by atoms with Gasteiger partial charge in [-0.3, -0.25) is 0 Å². The minimum Gasteiger partial charge on any atom is -0.393 e. The molecule has 3 heteroatoms. The zero-order valence-corrected chi connectivity index (χ0v) is 6.63. The molecule has 2 unspecified atom stereocenters. The van der Waals surface area contributed by atoms with Crippen LogP contribution < -0.4 is 0 Å². The molecule has 1 aliphatic rings. The molecule has 66 valence electrons. The Morgan fingerprint density at radius 3 is 2.00 bits per heavy atom. The van der Waals surface area contributed by atoms with Gasteiger partial charge in [-0.25, -0.2) is 8.78 Å². The van der Waals surface area contributed by atoms with E-state index in [2.05, 4.69) is 0 Å². The van der Waals surface area contributed by atoms with Gasteiger partial charge >= 0.3 is 0 Å². The summed E-state index contributed by atoms with van der Waals surface area (Å²) >= 11 is 0. The first kappa shape index (κ1) is 8.91. The molecule has 1 fully saturated rings. The van der Waals surface area contributed by atoms with Crippen molar-refractivity contribution in [1.82, 2.24) is 0 Å². The zero-order valence-electron chi connectivity index (χ0n) is 6.63. The Bertz CT molecular complexity index is 117. The fourth-order valence-electron chi connectivity index (χ4n) is 1.62. The third kappa shape index (κ3) is 2.40. The highest BCUT2D eigenvalue weighted by Crippen LogP contribution is 2.30. The number of alkyl halides is 2. The summed E-state index contributed by atoms with van der Waals surface area (Å²) in [5.74, 6) is -0.186. The maximum Gasteiger partial charge on any atom is 0.103 e. The molecule has 0 aromatic carbocycles. The predicted octanol–water partition coefficient (Wildman–Crippen LogP) is 1.84. The molecule has 1 aliphatic carbocycles. The summed E-state index contributed by atoms with van der Waals surface area (Å²) in [6.45, 7) is 1.59. The minimum atomic E-state index is -1.06. The summed E-state index contributed by atoms with van der Waals surface area (Å²) < 4.78 is 25.4. The van der Waals surface area contributed by atoms with Crippen molar-refractivity contribution in [3.63, 3.8) is 0 Å². The van der Waals surface area contributed by atoms with E-state index >= 15 is 0 Å². The Morgan fingerprint density at radius 1 is 1.18 bits per heavy atom. The third-order valence-corrected chi connectivity index (χ3v) is 2.31. The molecule has 0 aromatic heterocycles. The van der Waals surface area contributed by atoms with Gasteiger partial charge in [0.2, 0.25) is 0 Å². The van der Waals surface area contributed by atoms with Crippen LogP contribution in [-0.2, 0) is 0 Å². The number of rotatable bonds is 1. The smallest absolute Gasteiger partial charge is 0.103 e. The van der Waals surface area contributed by atoms with Crippen LogP contribution >= 0.6 is 0 Å². The van der Waals surface area contributed by atoms with Crippen molar-refractivity contribution in [3.8, 4) is 0 Å². The summed E-state index contributed by atoms with van der Waals surface area (Å²) in [4.78, 5) is 0. The fourth-order valence-corrected chi connectivity index (χ4v) is 1.62. The number of hydrogen-bond donors (Lipinski definition) is 1. The number of hydrogen-bond acceptors (Lipinski definition) is 1. The lowest BCUT2D eigenvalue weighted by molar-refractivity contribution is 0.0376. The van der Waals surface area contributed by atoms with E-state index in [-0.39, 0.29) is 12.3 Å². The molecule has 1 rings (SSSR count). The summed E-state index contributed by atoms with van der Waals surface area (Å²) in [5.41, 5.74) is 0. The number of halogens is 2. The van der Waals surface area contributed by atoms with Crippen LogP contribution in [0.5, 0.6) is 0 Å². The molecular formula is C8H14F2O. The standard InChI is InChI=1S/C8H14F2O/c1-5(11)6-2-7(9)4-8(10)3-6/h5-8,11H,2-4H2,1H3/t5-,6?,7?,8?/m1/s1. The van der Waals surface area contributed by atoms with Gasteiger partial charge in [0, 0.05) is 6.42 Å². The SMILES string of the molecule is C[C@@H](O)C1CC(F)CC(F)C1. The quantitative estimate of drug-likeness (QED) is 0.627. The largest absolute Gasteiger partial charge is 0.393 e. The van der Waals surface area contributed by atoms with Gasteiger partial charge in [0.15, 0.2) is 0 Å². The Morgan fingerprint density at radius 2 is 1.64 bits per heavy atom. The molecule has 1 nitrogen and oxygen atoms in total. The second-order valence-electron chi connectivity index (χ2n) is 3.40. The molecule has 0 amide bonds. The van der Waals surface area contributed by atoms with Crippen molar-refractivity contribution in [2.24, 2.45) is 5.92 Å². The highest BCUT2D eigenvalue weighted by atomic mass is 19.1. The lowest BCUT2D eigenvalue weighted by Gasteiger charge is -2.28. The van der Waals surface area contributed by atoms with Crippen LogP contribution in [0, 0.1) is 5.92 Å². The topological polar surface area (TPSA) is 20.2 Å². The van der Waals surface area contributed by atoms with E-state index < -0.39 is 18.4 Å². The first-order chi connectivity index (χ1) is 5.09. The summed E-state index contributed by atoms with van der Waals surface area (Å²) in [7, 11) is 0. The maximum atomic E-state index is 12.7. The second kappa shape index (κ2) is 3.48. The molecule has 1 saturated carbocycles. The van der Waals surface area contributed by atoms with Crippen LogP contribution in [0.25, 0.3) is 0 Å². The normalized spacial score (nSPS) is 42.0. The molecule has 0 spiro atoms. The Kier molecular flexibility index (Phi) is 2.82. The average molecular weight is 164 g/mol. The van der Waals surface area contributed by atoms with Gasteiger partial charge in [0.1, 0.15) is 12.3 Å². The first-order valence-electron chi connectivity index (χ1n) is 4.05. The predicted molar refractivity (Wildman–Crippen MR) is 38.8 cm³/mol. The Balaban J connectivity index is 2.43. The lowest BCUT2D eigenvalue weighted by Crippen LogP contribution is -2.30. The van der Waals surface area contributed by atoms with E-state index in [9.17, 15) is 8.78 Å². The monoisotopic (exact) mass is 164 g/mol. The van der Waals surface area contributed by atoms with Gasteiger partial charge < -0.3 is 5.11 Å². The van der Waals surface area contributed by atoms with Crippen LogP contribution in [0.3, 0.4) is 0 Å². The van der Waals surface area contributed by atoms with Crippen molar-refractivity contribution >= 4 is 0 Å². The summed E-state index contributed by atoms with van der Waals surface area (Å²) in [5, 5.41) is 9.08. The molecule has 1 N–H and O–H groups in total. The van der Waals surface area contributed by atoms with E-state index in [0.29, 0.717) is 12.8 Å². The zero-order chi connectivity index (χ0) is 8.43. The molecule has 11 heavy (non-hydrogen) atoms. The second-order valence-corrected chi connectivity index (χ2v) is 3.40. The van der Waals surface area contributed by atoms with Gasteiger partial charge in [0.25, 0.3) is 0 Å². The van der Waals surface area contributed by atoms with Gasteiger partial charge in [-0.1, -0.05) is 0 Å². The van der Waals surface area contributed by atoms with Crippen LogP contribution in [0.15, 0.2) is 0 Å². The van der Waals surface area contributed by atoms with E-state index in [1.165, 1.54) is 0 Å². The van der Waals surface area contributed by atoms with Crippen LogP contribution in [0.2, 0.25) is 0 Å². The molecule has 0 heterocycles. The van der Waals surface area contributed by atoms with Crippen LogP contribution in [0.1, 0.15) is 26.2 Å². The third-order valence-electron chi connectivity index (χ3n) is 2.31. The number of aliphatic hydroxyl groups excluding tert-OH is 1. The van der Waals surface area contributed by atoms with E-state index in [1.807, 2.05) is 0 Å². The van der Waals surface area contributed by atoms with Gasteiger partial charge in [-0.15, -0.1) is 0 Å². The fraction of sp³-hybridized carbons (Fsp3) is 1.00. The van der Waals surface area contributed by atoms with Crippen molar-refractivity contribution in [1.29, 1.82) is 0 Å². The van der Waals surface area contributed by atoms with E-state index in [0.717, 1.165) is 0 Å². The van der Waals surface area contributed by atoms with Gasteiger partial charge in [-0.05, 0) is 25.7 Å². The van der Waals surface area contributed by atoms with Crippen LogP contribution in [0.4, 0.5) is 8.78 Å². The molecule has 0 saturated heterocycles. The van der Waals surface area contributed by atoms with Crippen LogP contribution in [-0.4, -0.2) is 23.6 Å². The minimum absolute atomic E-state index is 0.0171. The number of aliphatic hydroxyl groups is 1. The van der Waals surface area contributed by atoms with Crippen molar-refractivity contribution in [2.75, 3.05) is 0 Å². The van der Waals surface area contributed by atoms with Gasteiger partial charge in [0.05, 0.1) is 6.10 Å². The van der Waals surface area contributed by atoms with Crippen molar-refractivity contribution in [2.45, 2.75) is 44.6 Å². The van der Waals surface area contributed by atoms with Crippen molar-refractivity contribution < 1.29 is 13.9 Å². The Hall–Kier alpha value is -0.180. The molecule has 0 aliphatic heterocycles. The molecule has 0 bridgehead atoms. The average Bonchev–Trinajstić information content (AvgIpc) is 1.85. The molecule has 0 aromatic rings. The van der Waals surface area contributed by atoms with E-state index in [4.69, 9.17) is 5.11 Å². The maximum absolute atomic E-state index is 12.7. The highest BCUT2D eigenvalue weighted by Gasteiger charge is 2.30. The lowest BCUT2D eigenvalue weighted by atomic mass is 9.84. The van der Waals surface area contributed by atoms with Gasteiger partial charge in [-0.2, -0.15) is 0 Å². The first-order valence-corrected chi connectivity index (χ1v) is 4.05. The molecule has 0 radical (unpaired) electrons. The Labute approximate surface area is 65.4 Å².